The number of thioether (sulfide) groups is 1. The average molecular weight is 390 g/mol. The predicted octanol–water partition coefficient (Wildman–Crippen LogP) is 3.41. The summed E-state index contributed by atoms with van der Waals surface area (Å²) in [5, 5.41) is 4.14. The molecule has 26 heavy (non-hydrogen) atoms. The molecule has 0 unspecified atom stereocenters. The number of amides is 1. The van der Waals surface area contributed by atoms with Gasteiger partial charge in [0.05, 0.1) is 29.5 Å². The van der Waals surface area contributed by atoms with Crippen LogP contribution >= 0.6 is 23.4 Å². The summed E-state index contributed by atoms with van der Waals surface area (Å²) in [6.45, 7) is 0.386. The molecule has 0 atom stereocenters. The van der Waals surface area contributed by atoms with Crippen molar-refractivity contribution in [1.82, 2.24) is 15.3 Å². The molecule has 0 radical (unpaired) electrons. The maximum Gasteiger partial charge on any atom is 0.337 e. The van der Waals surface area contributed by atoms with Gasteiger partial charge in [-0.25, -0.2) is 9.78 Å². The van der Waals surface area contributed by atoms with Gasteiger partial charge in [0.1, 0.15) is 0 Å². The van der Waals surface area contributed by atoms with Crippen molar-refractivity contribution < 1.29 is 14.3 Å². The molecule has 0 fully saturated rings. The molecule has 0 saturated carbocycles. The molecular formula is C18H16ClN3O3S. The molecule has 2 N–H and O–H groups in total. The summed E-state index contributed by atoms with van der Waals surface area (Å²) in [4.78, 5) is 30.9. The van der Waals surface area contributed by atoms with Crippen LogP contribution in [0.4, 0.5) is 0 Å². The lowest BCUT2D eigenvalue weighted by Gasteiger charge is -2.05. The van der Waals surface area contributed by atoms with Gasteiger partial charge < -0.3 is 15.0 Å². The summed E-state index contributed by atoms with van der Waals surface area (Å²) in [7, 11) is 1.34. The Morgan fingerprint density at radius 1 is 1.23 bits per heavy atom. The number of H-pyrrole nitrogens is 1. The van der Waals surface area contributed by atoms with Crippen molar-refractivity contribution in [1.29, 1.82) is 0 Å². The third-order valence-electron chi connectivity index (χ3n) is 3.63. The molecule has 3 aromatic rings. The molecular weight excluding hydrogens is 374 g/mol. The van der Waals surface area contributed by atoms with Crippen LogP contribution in [0, 0.1) is 0 Å². The first-order valence-electron chi connectivity index (χ1n) is 7.77. The van der Waals surface area contributed by atoms with Crippen molar-refractivity contribution >= 4 is 46.3 Å². The van der Waals surface area contributed by atoms with E-state index in [1.807, 2.05) is 6.07 Å². The number of nitrogens with one attached hydrogen (secondary N) is 2. The fraction of sp³-hybridized carbons (Fsp3) is 0.167. The lowest BCUT2D eigenvalue weighted by atomic mass is 10.1. The molecule has 0 bridgehead atoms. The monoisotopic (exact) mass is 389 g/mol. The number of halogens is 1. The van der Waals surface area contributed by atoms with E-state index in [1.165, 1.54) is 18.9 Å². The van der Waals surface area contributed by atoms with E-state index in [-0.39, 0.29) is 17.6 Å². The van der Waals surface area contributed by atoms with E-state index in [9.17, 15) is 9.59 Å². The van der Waals surface area contributed by atoms with Gasteiger partial charge in [-0.1, -0.05) is 35.5 Å². The Bertz CT molecular complexity index is 941. The van der Waals surface area contributed by atoms with Gasteiger partial charge in [-0.05, 0) is 35.9 Å². The van der Waals surface area contributed by atoms with Crippen LogP contribution in [0.3, 0.4) is 0 Å². The third-order valence-corrected chi connectivity index (χ3v) is 4.74. The van der Waals surface area contributed by atoms with Gasteiger partial charge in [0.2, 0.25) is 5.91 Å². The Balaban J connectivity index is 1.49. The van der Waals surface area contributed by atoms with Crippen molar-refractivity contribution in [2.45, 2.75) is 11.7 Å². The number of hydrogen-bond acceptors (Lipinski definition) is 5. The number of rotatable bonds is 6. The first-order chi connectivity index (χ1) is 12.5. The van der Waals surface area contributed by atoms with E-state index in [0.717, 1.165) is 16.6 Å². The van der Waals surface area contributed by atoms with Gasteiger partial charge in [-0.2, -0.15) is 0 Å². The maximum absolute atomic E-state index is 12.0. The molecule has 1 heterocycles. The van der Waals surface area contributed by atoms with Crippen molar-refractivity contribution in [3.63, 3.8) is 0 Å². The molecule has 0 aliphatic rings. The summed E-state index contributed by atoms with van der Waals surface area (Å²) < 4.78 is 4.65. The number of esters is 1. The van der Waals surface area contributed by atoms with E-state index in [2.05, 4.69) is 20.0 Å². The number of carbonyl (C=O) groups excluding carboxylic acids is 2. The zero-order valence-electron chi connectivity index (χ0n) is 13.9. The maximum atomic E-state index is 12.0. The number of methoxy groups -OCH3 is 1. The standard InChI is InChI=1S/C18H16ClN3O3S/c1-25-17(24)12-4-2-11(3-5-12)9-20-16(23)10-26-18-21-14-7-6-13(19)8-15(14)22-18/h2-8H,9-10H2,1H3,(H,20,23)(H,21,22). The van der Waals surface area contributed by atoms with Crippen LogP contribution in [-0.4, -0.2) is 34.7 Å². The molecule has 0 aliphatic carbocycles. The number of nitrogens with zero attached hydrogens (tertiary/aromatic N) is 1. The van der Waals surface area contributed by atoms with Gasteiger partial charge in [0, 0.05) is 11.6 Å². The first-order valence-corrected chi connectivity index (χ1v) is 9.13. The molecule has 0 aliphatic heterocycles. The number of hydrogen-bond donors (Lipinski definition) is 2. The molecule has 0 spiro atoms. The van der Waals surface area contributed by atoms with Crippen LogP contribution in [0.1, 0.15) is 15.9 Å². The minimum atomic E-state index is -0.385. The summed E-state index contributed by atoms with van der Waals surface area (Å²) in [6.07, 6.45) is 0. The van der Waals surface area contributed by atoms with Crippen LogP contribution in [0.15, 0.2) is 47.6 Å². The summed E-state index contributed by atoms with van der Waals surface area (Å²) in [5.41, 5.74) is 3.02. The average Bonchev–Trinajstić information content (AvgIpc) is 3.06. The van der Waals surface area contributed by atoms with Crippen LogP contribution in [0.5, 0.6) is 0 Å². The van der Waals surface area contributed by atoms with Gasteiger partial charge >= 0.3 is 5.97 Å². The SMILES string of the molecule is COC(=O)c1ccc(CNC(=O)CSc2nc3ccc(Cl)cc3[nH]2)cc1. The summed E-state index contributed by atoms with van der Waals surface area (Å²) in [6, 6.07) is 12.3. The Hall–Kier alpha value is -2.51. The highest BCUT2D eigenvalue weighted by Gasteiger charge is 2.08. The zero-order chi connectivity index (χ0) is 18.5. The van der Waals surface area contributed by atoms with Crippen molar-refractivity contribution in [3.8, 4) is 0 Å². The first kappa shape index (κ1) is 18.3. The number of fused-ring (bicyclic) bond motifs is 1. The van der Waals surface area contributed by atoms with Crippen LogP contribution in [0.25, 0.3) is 11.0 Å². The molecule has 134 valence electrons. The number of carbonyl (C=O) groups is 2. The van der Waals surface area contributed by atoms with E-state index < -0.39 is 0 Å². The lowest BCUT2D eigenvalue weighted by Crippen LogP contribution is -2.24. The van der Waals surface area contributed by atoms with E-state index in [0.29, 0.717) is 22.3 Å². The van der Waals surface area contributed by atoms with E-state index >= 15 is 0 Å². The Kier molecular flexibility index (Phi) is 5.80. The topological polar surface area (TPSA) is 84.1 Å². The molecule has 8 heteroatoms. The molecule has 1 aromatic heterocycles. The van der Waals surface area contributed by atoms with Crippen molar-refractivity contribution in [2.24, 2.45) is 0 Å². The second-order valence-corrected chi connectivity index (χ2v) is 6.86. The number of ether oxygens (including phenoxy) is 1. The summed E-state index contributed by atoms with van der Waals surface area (Å²) in [5.74, 6) is -0.247. The van der Waals surface area contributed by atoms with Crippen LogP contribution < -0.4 is 5.32 Å². The predicted molar refractivity (Wildman–Crippen MR) is 101 cm³/mol. The minimum absolute atomic E-state index is 0.106. The van der Waals surface area contributed by atoms with Crippen molar-refractivity contribution in [2.75, 3.05) is 12.9 Å². The molecule has 6 nitrogen and oxygen atoms in total. The number of aromatic nitrogens is 2. The van der Waals surface area contributed by atoms with Crippen LogP contribution in [0.2, 0.25) is 5.02 Å². The second-order valence-electron chi connectivity index (χ2n) is 5.46. The van der Waals surface area contributed by atoms with Gasteiger partial charge in [-0.15, -0.1) is 0 Å². The number of aromatic amines is 1. The fourth-order valence-electron chi connectivity index (χ4n) is 2.29. The highest BCUT2D eigenvalue weighted by Crippen LogP contribution is 2.22. The second kappa shape index (κ2) is 8.25. The van der Waals surface area contributed by atoms with E-state index in [1.54, 1.807) is 36.4 Å². The van der Waals surface area contributed by atoms with Gasteiger partial charge in [-0.3, -0.25) is 4.79 Å². The normalized spacial score (nSPS) is 10.7. The molecule has 3 rings (SSSR count). The Morgan fingerprint density at radius 2 is 2.00 bits per heavy atom. The van der Waals surface area contributed by atoms with E-state index in [4.69, 9.17) is 11.6 Å². The largest absolute Gasteiger partial charge is 0.465 e. The minimum Gasteiger partial charge on any atom is -0.465 e. The quantitative estimate of drug-likeness (QED) is 0.498. The highest BCUT2D eigenvalue weighted by molar-refractivity contribution is 7.99. The zero-order valence-corrected chi connectivity index (χ0v) is 15.5. The fourth-order valence-corrected chi connectivity index (χ4v) is 3.18. The number of imidazole rings is 1. The van der Waals surface area contributed by atoms with Crippen LogP contribution in [-0.2, 0) is 16.1 Å². The van der Waals surface area contributed by atoms with Gasteiger partial charge in [0.25, 0.3) is 0 Å². The molecule has 0 saturated heterocycles. The molecule has 2 aromatic carbocycles. The smallest absolute Gasteiger partial charge is 0.337 e. The molecule has 1 amide bonds. The third kappa shape index (κ3) is 4.56. The van der Waals surface area contributed by atoms with Gasteiger partial charge in [0.15, 0.2) is 5.16 Å². The lowest BCUT2D eigenvalue weighted by molar-refractivity contribution is -0.118. The number of benzene rings is 2. The Morgan fingerprint density at radius 3 is 2.73 bits per heavy atom. The van der Waals surface area contributed by atoms with Crippen molar-refractivity contribution in [3.05, 3.63) is 58.6 Å². The Labute approximate surface area is 159 Å². The highest BCUT2D eigenvalue weighted by atomic mass is 35.5. The summed E-state index contributed by atoms with van der Waals surface area (Å²) >= 11 is 7.27.